The van der Waals surface area contributed by atoms with Gasteiger partial charge < -0.3 is 10.4 Å². The molecule has 0 heterocycles. The molecular weight excluding hydrogens is 315 g/mol. The van der Waals surface area contributed by atoms with Crippen molar-refractivity contribution in [3.8, 4) is 0 Å². The monoisotopic (exact) mass is 332 g/mol. The van der Waals surface area contributed by atoms with E-state index in [0.717, 1.165) is 0 Å². The van der Waals surface area contributed by atoms with Gasteiger partial charge in [-0.3, -0.25) is 14.9 Å². The highest BCUT2D eigenvalue weighted by Crippen LogP contribution is 2.24. The molecule has 1 aromatic rings. The molecule has 21 heavy (non-hydrogen) atoms. The molecule has 3 N–H and O–H groups in total. The molecule has 1 aromatic carbocycles. The van der Waals surface area contributed by atoms with E-state index in [4.69, 9.17) is 28.3 Å². The van der Waals surface area contributed by atoms with Gasteiger partial charge in [0.25, 0.3) is 0 Å². The molecule has 0 fully saturated rings. The molecule has 1 rings (SSSR count). The van der Waals surface area contributed by atoms with E-state index in [1.54, 1.807) is 12.1 Å². The molecule has 1 amide bonds. The van der Waals surface area contributed by atoms with E-state index in [0.29, 0.717) is 22.2 Å². The fraction of sp³-hybridized carbons (Fsp3) is 0.429. The Bertz CT molecular complexity index is 521. The van der Waals surface area contributed by atoms with Crippen LogP contribution >= 0.6 is 23.2 Å². The van der Waals surface area contributed by atoms with E-state index < -0.39 is 12.0 Å². The third-order valence-electron chi connectivity index (χ3n) is 2.72. The van der Waals surface area contributed by atoms with Crippen LogP contribution in [0.25, 0.3) is 0 Å². The zero-order valence-corrected chi connectivity index (χ0v) is 13.3. The first-order valence-electron chi connectivity index (χ1n) is 6.50. The molecule has 0 saturated heterocycles. The van der Waals surface area contributed by atoms with Gasteiger partial charge in [0.1, 0.15) is 6.04 Å². The van der Waals surface area contributed by atoms with Crippen molar-refractivity contribution >= 4 is 40.8 Å². The lowest BCUT2D eigenvalue weighted by atomic mass is 10.0. The van der Waals surface area contributed by atoms with E-state index in [2.05, 4.69) is 10.6 Å². The standard InChI is InChI=1S/C14H18Cl2N2O3/c1-8(2)5-12(14(20)21)17-7-13(19)18-9-3-4-10(15)11(16)6-9/h3-4,6,8,12,17H,5,7H2,1-2H3,(H,18,19)(H,20,21). The van der Waals surface area contributed by atoms with Gasteiger partial charge in [-0.2, -0.15) is 0 Å². The number of carbonyl (C=O) groups is 2. The van der Waals surface area contributed by atoms with E-state index >= 15 is 0 Å². The largest absolute Gasteiger partial charge is 0.480 e. The quantitative estimate of drug-likeness (QED) is 0.717. The third-order valence-corrected chi connectivity index (χ3v) is 3.46. The van der Waals surface area contributed by atoms with Gasteiger partial charge in [0, 0.05) is 5.69 Å². The minimum Gasteiger partial charge on any atom is -0.480 e. The molecule has 0 aliphatic heterocycles. The van der Waals surface area contributed by atoms with Crippen LogP contribution in [0.15, 0.2) is 18.2 Å². The number of nitrogens with one attached hydrogen (secondary N) is 2. The lowest BCUT2D eigenvalue weighted by Crippen LogP contribution is -2.42. The summed E-state index contributed by atoms with van der Waals surface area (Å²) in [5, 5.41) is 15.1. The SMILES string of the molecule is CC(C)CC(NCC(=O)Nc1ccc(Cl)c(Cl)c1)C(=O)O. The molecule has 0 saturated carbocycles. The van der Waals surface area contributed by atoms with Gasteiger partial charge in [0.15, 0.2) is 0 Å². The Labute approximate surface area is 133 Å². The summed E-state index contributed by atoms with van der Waals surface area (Å²) in [5.41, 5.74) is 0.506. The maximum absolute atomic E-state index is 11.8. The lowest BCUT2D eigenvalue weighted by Gasteiger charge is -2.16. The molecule has 0 aromatic heterocycles. The molecule has 1 unspecified atom stereocenters. The molecule has 7 heteroatoms. The first kappa shape index (κ1) is 17.8. The van der Waals surface area contributed by atoms with Crippen molar-refractivity contribution in [2.45, 2.75) is 26.3 Å². The zero-order chi connectivity index (χ0) is 16.0. The summed E-state index contributed by atoms with van der Waals surface area (Å²) in [4.78, 5) is 22.8. The van der Waals surface area contributed by atoms with Gasteiger partial charge in [-0.15, -0.1) is 0 Å². The van der Waals surface area contributed by atoms with Crippen molar-refractivity contribution in [2.75, 3.05) is 11.9 Å². The summed E-state index contributed by atoms with van der Waals surface area (Å²) >= 11 is 11.6. The summed E-state index contributed by atoms with van der Waals surface area (Å²) < 4.78 is 0. The normalized spacial score (nSPS) is 12.2. The van der Waals surface area contributed by atoms with Gasteiger partial charge >= 0.3 is 5.97 Å². The predicted molar refractivity (Wildman–Crippen MR) is 84.0 cm³/mol. The van der Waals surface area contributed by atoms with Gasteiger partial charge in [0.2, 0.25) is 5.91 Å². The highest BCUT2D eigenvalue weighted by Gasteiger charge is 2.19. The van der Waals surface area contributed by atoms with Crippen molar-refractivity contribution in [2.24, 2.45) is 5.92 Å². The Kier molecular flexibility index (Phi) is 6.95. The molecule has 0 bridgehead atoms. The number of aliphatic carboxylic acids is 1. The molecule has 0 aliphatic carbocycles. The molecule has 0 aliphatic rings. The molecular formula is C14H18Cl2N2O3. The van der Waals surface area contributed by atoms with E-state index in [-0.39, 0.29) is 18.4 Å². The number of carboxylic acid groups (broad SMARTS) is 1. The van der Waals surface area contributed by atoms with Crippen molar-refractivity contribution in [3.63, 3.8) is 0 Å². The number of benzene rings is 1. The summed E-state index contributed by atoms with van der Waals surface area (Å²) in [7, 11) is 0. The first-order chi connectivity index (χ1) is 9.79. The van der Waals surface area contributed by atoms with Crippen LogP contribution in [0.2, 0.25) is 10.0 Å². The summed E-state index contributed by atoms with van der Waals surface area (Å²) in [5.74, 6) is -1.09. The van der Waals surface area contributed by atoms with E-state index in [1.165, 1.54) is 6.07 Å². The minimum absolute atomic E-state index is 0.0933. The molecule has 0 spiro atoms. The number of hydrogen-bond donors (Lipinski definition) is 3. The third kappa shape index (κ3) is 6.33. The topological polar surface area (TPSA) is 78.4 Å². The maximum atomic E-state index is 11.8. The number of rotatable bonds is 7. The van der Waals surface area contributed by atoms with E-state index in [1.807, 2.05) is 13.8 Å². The van der Waals surface area contributed by atoms with Crippen LogP contribution in [0.4, 0.5) is 5.69 Å². The molecule has 5 nitrogen and oxygen atoms in total. The highest BCUT2D eigenvalue weighted by molar-refractivity contribution is 6.42. The zero-order valence-electron chi connectivity index (χ0n) is 11.8. The summed E-state index contributed by atoms with van der Waals surface area (Å²) in [6.45, 7) is 3.75. The van der Waals surface area contributed by atoms with E-state index in [9.17, 15) is 9.59 Å². The molecule has 116 valence electrons. The van der Waals surface area contributed by atoms with Crippen LogP contribution in [0, 0.1) is 5.92 Å². The summed E-state index contributed by atoms with van der Waals surface area (Å²) in [6, 6.07) is 3.98. The fourth-order valence-corrected chi connectivity index (χ4v) is 2.04. The molecule has 0 radical (unpaired) electrons. The van der Waals surface area contributed by atoms with Crippen molar-refractivity contribution < 1.29 is 14.7 Å². The average Bonchev–Trinajstić information content (AvgIpc) is 2.38. The van der Waals surface area contributed by atoms with Gasteiger partial charge in [-0.25, -0.2) is 0 Å². The van der Waals surface area contributed by atoms with Crippen molar-refractivity contribution in [3.05, 3.63) is 28.2 Å². The number of hydrogen-bond acceptors (Lipinski definition) is 3. The molecule has 1 atom stereocenters. The van der Waals surface area contributed by atoms with Crippen molar-refractivity contribution in [1.82, 2.24) is 5.32 Å². The lowest BCUT2D eigenvalue weighted by molar-refractivity contribution is -0.139. The van der Waals surface area contributed by atoms with Gasteiger partial charge in [-0.1, -0.05) is 37.0 Å². The first-order valence-corrected chi connectivity index (χ1v) is 7.26. The number of anilines is 1. The Hall–Kier alpha value is -1.30. The number of amides is 1. The summed E-state index contributed by atoms with van der Waals surface area (Å²) in [6.07, 6.45) is 0.454. The Morgan fingerprint density at radius 2 is 1.90 bits per heavy atom. The van der Waals surface area contributed by atoms with Crippen LogP contribution < -0.4 is 10.6 Å². The second-order valence-corrected chi connectivity index (χ2v) is 5.89. The van der Waals surface area contributed by atoms with Gasteiger partial charge in [-0.05, 0) is 30.5 Å². The van der Waals surface area contributed by atoms with Crippen LogP contribution in [-0.4, -0.2) is 29.6 Å². The van der Waals surface area contributed by atoms with Crippen molar-refractivity contribution in [1.29, 1.82) is 0 Å². The fourth-order valence-electron chi connectivity index (χ4n) is 1.74. The second-order valence-electron chi connectivity index (χ2n) is 5.08. The number of carboxylic acids is 1. The Morgan fingerprint density at radius 3 is 2.43 bits per heavy atom. The number of halogens is 2. The highest BCUT2D eigenvalue weighted by atomic mass is 35.5. The Morgan fingerprint density at radius 1 is 1.24 bits per heavy atom. The number of carbonyl (C=O) groups excluding carboxylic acids is 1. The van der Waals surface area contributed by atoms with Crippen LogP contribution in [0.3, 0.4) is 0 Å². The van der Waals surface area contributed by atoms with Gasteiger partial charge in [0.05, 0.1) is 16.6 Å². The van der Waals surface area contributed by atoms with Crippen LogP contribution in [0.5, 0.6) is 0 Å². The maximum Gasteiger partial charge on any atom is 0.320 e. The van der Waals surface area contributed by atoms with Crippen LogP contribution in [0.1, 0.15) is 20.3 Å². The predicted octanol–water partition coefficient (Wildman–Crippen LogP) is 3.02. The minimum atomic E-state index is -0.967. The second kappa shape index (κ2) is 8.22. The van der Waals surface area contributed by atoms with Crippen LogP contribution in [-0.2, 0) is 9.59 Å². The smallest absolute Gasteiger partial charge is 0.320 e. The average molecular weight is 333 g/mol. The Balaban J connectivity index is 2.52.